The van der Waals surface area contributed by atoms with E-state index < -0.39 is 0 Å². The van der Waals surface area contributed by atoms with Gasteiger partial charge in [-0.25, -0.2) is 15.0 Å². The molecule has 73 heavy (non-hydrogen) atoms. The highest BCUT2D eigenvalue weighted by Crippen LogP contribution is 2.50. The molecule has 0 radical (unpaired) electrons. The lowest BCUT2D eigenvalue weighted by molar-refractivity contribution is 0.660. The van der Waals surface area contributed by atoms with E-state index in [0.29, 0.717) is 17.5 Å². The van der Waals surface area contributed by atoms with E-state index in [1.54, 1.807) is 0 Å². The summed E-state index contributed by atoms with van der Waals surface area (Å²) in [5.41, 5.74) is 19.9. The number of rotatable bonds is 7. The van der Waals surface area contributed by atoms with Crippen LogP contribution in [0.25, 0.3) is 128 Å². The second-order valence-electron chi connectivity index (χ2n) is 19.2. The minimum absolute atomic E-state index is 0.0474. The van der Waals surface area contributed by atoms with E-state index in [1.165, 1.54) is 55.3 Å². The van der Waals surface area contributed by atoms with Gasteiger partial charge in [0.1, 0.15) is 11.2 Å². The van der Waals surface area contributed by atoms with Crippen LogP contribution in [0.2, 0.25) is 0 Å². The molecule has 0 saturated heterocycles. The summed E-state index contributed by atoms with van der Waals surface area (Å²) in [7, 11) is 0. The molecule has 14 rings (SSSR count). The molecule has 1 aliphatic carbocycles. The van der Waals surface area contributed by atoms with Crippen LogP contribution in [0.1, 0.15) is 38.8 Å². The zero-order chi connectivity index (χ0) is 49.2. The highest BCUT2D eigenvalue weighted by Gasteiger charge is 2.35. The molecule has 0 saturated carbocycles. The van der Waals surface area contributed by atoms with E-state index in [4.69, 9.17) is 19.4 Å². The van der Waals surface area contributed by atoms with Gasteiger partial charge in [-0.05, 0) is 105 Å². The summed E-state index contributed by atoms with van der Waals surface area (Å²) in [6, 6.07) is 82.3. The molecule has 0 unspecified atom stereocenters. The minimum Gasteiger partial charge on any atom is -0.456 e. The number of hydrogen-bond donors (Lipinski definition) is 0. The zero-order valence-electron chi connectivity index (χ0n) is 41.1. The second-order valence-corrected chi connectivity index (χ2v) is 19.2. The third-order valence-corrected chi connectivity index (χ3v) is 14.7. The van der Waals surface area contributed by atoms with E-state index in [2.05, 4.69) is 194 Å². The summed E-state index contributed by atoms with van der Waals surface area (Å²) >= 11 is 0. The smallest absolute Gasteiger partial charge is 0.164 e. The van der Waals surface area contributed by atoms with Crippen LogP contribution < -0.4 is 0 Å². The number of furan rings is 1. The molecule has 0 N–H and O–H groups in total. The third-order valence-electron chi connectivity index (χ3n) is 14.7. The topological polar surface area (TPSA) is 56.7 Å². The second kappa shape index (κ2) is 17.6. The van der Waals surface area contributed by atoms with Gasteiger partial charge < -0.3 is 8.98 Å². The summed E-state index contributed by atoms with van der Waals surface area (Å²) < 4.78 is 8.76. The van der Waals surface area contributed by atoms with Crippen molar-refractivity contribution < 1.29 is 4.42 Å². The van der Waals surface area contributed by atoms with Crippen molar-refractivity contribution in [2.75, 3.05) is 0 Å². The summed E-state index contributed by atoms with van der Waals surface area (Å²) in [6.07, 6.45) is 0. The number of para-hydroxylation sites is 2. The molecule has 0 amide bonds. The number of aromatic nitrogens is 4. The van der Waals surface area contributed by atoms with Crippen LogP contribution in [0, 0.1) is 0 Å². The first-order valence-corrected chi connectivity index (χ1v) is 25.2. The van der Waals surface area contributed by atoms with Crippen LogP contribution in [0.3, 0.4) is 0 Å². The molecule has 0 spiro atoms. The van der Waals surface area contributed by atoms with Crippen molar-refractivity contribution in [2.24, 2.45) is 0 Å². The van der Waals surface area contributed by atoms with Gasteiger partial charge in [0.2, 0.25) is 0 Å². The SMILES string of the molecule is CC.CC1(C)c2ccccc2-c2cc(-c3cccc(-c4cccc5c6cc(-c7ccccc7)ccc6n(-c6cccc(-c7nc(-c8ccccc8)nc(-c8ccc9c(c8)oc8ccccc89)n7)c6)c45)c3)ccc21. The normalized spacial score (nSPS) is 12.5. The monoisotopic (exact) mass is 938 g/mol. The van der Waals surface area contributed by atoms with E-state index in [-0.39, 0.29) is 5.41 Å². The molecule has 5 heteroatoms. The predicted molar refractivity (Wildman–Crippen MR) is 303 cm³/mol. The number of benzene rings is 10. The van der Waals surface area contributed by atoms with E-state index in [9.17, 15) is 0 Å². The first-order chi connectivity index (χ1) is 35.9. The van der Waals surface area contributed by atoms with Crippen LogP contribution >= 0.6 is 0 Å². The molecule has 348 valence electrons. The van der Waals surface area contributed by atoms with Crippen molar-refractivity contribution in [2.45, 2.75) is 33.1 Å². The Kier molecular flexibility index (Phi) is 10.6. The quantitative estimate of drug-likeness (QED) is 0.160. The average molecular weight is 939 g/mol. The van der Waals surface area contributed by atoms with Gasteiger partial charge in [-0.3, -0.25) is 0 Å². The Morgan fingerprint density at radius 1 is 0.342 bits per heavy atom. The maximum Gasteiger partial charge on any atom is 0.164 e. The maximum atomic E-state index is 6.33. The Morgan fingerprint density at radius 3 is 1.71 bits per heavy atom. The summed E-state index contributed by atoms with van der Waals surface area (Å²) in [6.45, 7) is 8.67. The van der Waals surface area contributed by atoms with Gasteiger partial charge in [-0.1, -0.05) is 204 Å². The van der Waals surface area contributed by atoms with Crippen molar-refractivity contribution in [3.8, 4) is 84.4 Å². The van der Waals surface area contributed by atoms with E-state index >= 15 is 0 Å². The average Bonchev–Trinajstić information content (AvgIpc) is 4.08. The van der Waals surface area contributed by atoms with Crippen molar-refractivity contribution in [1.82, 2.24) is 19.5 Å². The number of hydrogen-bond acceptors (Lipinski definition) is 4. The van der Waals surface area contributed by atoms with Gasteiger partial charge >= 0.3 is 0 Å². The first kappa shape index (κ1) is 43.8. The maximum absolute atomic E-state index is 6.33. The fourth-order valence-electron chi connectivity index (χ4n) is 11.1. The summed E-state index contributed by atoms with van der Waals surface area (Å²) in [5.74, 6) is 1.76. The van der Waals surface area contributed by atoms with Crippen LogP contribution in [0.4, 0.5) is 0 Å². The van der Waals surface area contributed by atoms with Crippen LogP contribution in [0.5, 0.6) is 0 Å². The Labute approximate surface area is 424 Å². The molecule has 0 fully saturated rings. The fraction of sp³-hybridized carbons (Fsp3) is 0.0735. The Morgan fingerprint density at radius 2 is 0.890 bits per heavy atom. The summed E-state index contributed by atoms with van der Waals surface area (Å²) in [4.78, 5) is 15.5. The standard InChI is InChI=1S/C66H44N4O.C2H6/c1-66(2)57-28-11-9-24-51(57)55-38-45(31-34-58(55)66)43-20-13-21-46(36-43)50-26-15-27-54-56-39-44(41-16-5-3-6-17-41)32-35-59(56)70(62(50)54)49-23-14-22-47(37-49)64-67-63(42-18-7-4-8-19-42)68-65(69-64)48-30-33-53-52-25-10-12-29-60(52)71-61(53)40-48;1-2/h3-40H,1-2H3;1-2H3. The lowest BCUT2D eigenvalue weighted by Gasteiger charge is -2.21. The van der Waals surface area contributed by atoms with Gasteiger partial charge in [-0.15, -0.1) is 0 Å². The lowest BCUT2D eigenvalue weighted by Crippen LogP contribution is -2.14. The lowest BCUT2D eigenvalue weighted by atomic mass is 9.82. The molecule has 0 atom stereocenters. The van der Waals surface area contributed by atoms with Gasteiger partial charge in [0, 0.05) is 54.9 Å². The van der Waals surface area contributed by atoms with E-state index in [0.717, 1.165) is 66.5 Å². The van der Waals surface area contributed by atoms with Gasteiger partial charge in [0.25, 0.3) is 0 Å². The molecule has 3 heterocycles. The van der Waals surface area contributed by atoms with Gasteiger partial charge in [-0.2, -0.15) is 0 Å². The van der Waals surface area contributed by atoms with Crippen LogP contribution in [-0.2, 0) is 5.41 Å². The summed E-state index contributed by atoms with van der Waals surface area (Å²) in [5, 5.41) is 4.50. The number of nitrogens with zero attached hydrogens (tertiary/aromatic N) is 4. The van der Waals surface area contributed by atoms with Crippen molar-refractivity contribution in [3.05, 3.63) is 242 Å². The molecular formula is C68H50N4O. The zero-order valence-corrected chi connectivity index (χ0v) is 41.1. The molecule has 1 aliphatic rings. The van der Waals surface area contributed by atoms with Gasteiger partial charge in [0.15, 0.2) is 17.5 Å². The highest BCUT2D eigenvalue weighted by molar-refractivity contribution is 6.15. The third kappa shape index (κ3) is 7.35. The first-order valence-electron chi connectivity index (χ1n) is 25.2. The van der Waals surface area contributed by atoms with Crippen LogP contribution in [-0.4, -0.2) is 19.5 Å². The molecular weight excluding hydrogens is 889 g/mol. The largest absolute Gasteiger partial charge is 0.456 e. The van der Waals surface area contributed by atoms with Crippen molar-refractivity contribution >= 4 is 43.7 Å². The predicted octanol–water partition coefficient (Wildman–Crippen LogP) is 18.2. The Hall–Kier alpha value is -9.19. The minimum atomic E-state index is -0.0474. The molecule has 5 nitrogen and oxygen atoms in total. The van der Waals surface area contributed by atoms with Crippen molar-refractivity contribution in [3.63, 3.8) is 0 Å². The Bertz CT molecular complexity index is 4260. The molecule has 0 aliphatic heterocycles. The van der Waals surface area contributed by atoms with Crippen molar-refractivity contribution in [1.29, 1.82) is 0 Å². The molecule has 0 bridgehead atoms. The highest BCUT2D eigenvalue weighted by atomic mass is 16.3. The van der Waals surface area contributed by atoms with E-state index in [1.807, 2.05) is 68.4 Å². The molecule has 13 aromatic rings. The molecule has 10 aromatic carbocycles. The van der Waals surface area contributed by atoms with Gasteiger partial charge in [0.05, 0.1) is 11.0 Å². The number of fused-ring (bicyclic) bond motifs is 9. The van der Waals surface area contributed by atoms with Crippen LogP contribution in [0.15, 0.2) is 235 Å². The molecule has 3 aromatic heterocycles. The Balaban J connectivity index is 0.00000255. The fourth-order valence-corrected chi connectivity index (χ4v) is 11.1.